The molecule has 0 aromatic heterocycles. The van der Waals surface area contributed by atoms with Gasteiger partial charge in [-0.15, -0.1) is 0 Å². The smallest absolute Gasteiger partial charge is 0.342 e. The highest BCUT2D eigenvalue weighted by Gasteiger charge is 2.21. The van der Waals surface area contributed by atoms with Crippen molar-refractivity contribution in [1.82, 2.24) is 0 Å². The minimum atomic E-state index is -1.50. The number of nitrogens with zero attached hydrogens (tertiary/aromatic N) is 1. The van der Waals surface area contributed by atoms with Crippen LogP contribution >= 0.6 is 15.9 Å². The highest BCUT2D eigenvalue weighted by Crippen LogP contribution is 2.34. The molecule has 6 nitrogen and oxygen atoms in total. The van der Waals surface area contributed by atoms with Crippen molar-refractivity contribution in [2.45, 2.75) is 0 Å². The van der Waals surface area contributed by atoms with Crippen molar-refractivity contribution in [2.24, 2.45) is 0 Å². The van der Waals surface area contributed by atoms with Crippen LogP contribution in [0.3, 0.4) is 0 Å². The van der Waals surface area contributed by atoms with Crippen LogP contribution in [0.15, 0.2) is 16.6 Å². The number of rotatable bonds is 2. The molecule has 0 saturated heterocycles. The number of hydrogen-bond donors (Lipinski definition) is 1. The molecule has 0 atom stereocenters. The lowest BCUT2D eigenvalue weighted by Crippen LogP contribution is -2.06. The zero-order valence-corrected chi connectivity index (χ0v) is 8.15. The maximum Gasteiger partial charge on any atom is 0.342 e. The molecule has 0 heterocycles. The van der Waals surface area contributed by atoms with Gasteiger partial charge in [-0.3, -0.25) is 10.1 Å². The number of halogens is 1. The predicted octanol–water partition coefficient (Wildman–Crippen LogP) is 1.13. The average molecular weight is 261 g/mol. The van der Waals surface area contributed by atoms with Crippen molar-refractivity contribution in [3.8, 4) is 5.75 Å². The van der Waals surface area contributed by atoms with Crippen molar-refractivity contribution in [3.63, 3.8) is 0 Å². The molecule has 1 N–H and O–H groups in total. The van der Waals surface area contributed by atoms with Crippen LogP contribution < -0.4 is 5.11 Å². The first-order chi connectivity index (χ1) is 6.45. The minimum Gasteiger partial charge on any atom is -0.867 e. The second-order valence-corrected chi connectivity index (χ2v) is 3.19. The van der Waals surface area contributed by atoms with Crippen molar-refractivity contribution >= 4 is 27.6 Å². The van der Waals surface area contributed by atoms with Crippen molar-refractivity contribution in [3.05, 3.63) is 32.3 Å². The fourth-order valence-electron chi connectivity index (χ4n) is 0.900. The van der Waals surface area contributed by atoms with Gasteiger partial charge in [-0.2, -0.15) is 0 Å². The number of carboxylic acid groups (broad SMARTS) is 1. The van der Waals surface area contributed by atoms with Gasteiger partial charge in [0.1, 0.15) is 5.56 Å². The molecule has 0 radical (unpaired) electrons. The third-order valence-electron chi connectivity index (χ3n) is 1.50. The summed E-state index contributed by atoms with van der Waals surface area (Å²) in [7, 11) is 0. The first kappa shape index (κ1) is 10.5. The molecule has 1 aromatic carbocycles. The van der Waals surface area contributed by atoms with E-state index in [-0.39, 0.29) is 4.47 Å². The van der Waals surface area contributed by atoms with Gasteiger partial charge in [-0.05, 0) is 17.9 Å². The Kier molecular flexibility index (Phi) is 2.70. The van der Waals surface area contributed by atoms with Crippen LogP contribution in [0.2, 0.25) is 0 Å². The van der Waals surface area contributed by atoms with E-state index in [1.807, 2.05) is 0 Å². The van der Waals surface area contributed by atoms with Gasteiger partial charge in [0.25, 0.3) is 5.69 Å². The number of benzene rings is 1. The van der Waals surface area contributed by atoms with E-state index in [4.69, 9.17) is 5.11 Å². The summed E-state index contributed by atoms with van der Waals surface area (Å²) in [6.45, 7) is 0. The Balaban J connectivity index is 3.53. The van der Waals surface area contributed by atoms with E-state index in [0.29, 0.717) is 0 Å². The van der Waals surface area contributed by atoms with Gasteiger partial charge < -0.3 is 10.2 Å². The van der Waals surface area contributed by atoms with Gasteiger partial charge in [0.2, 0.25) is 0 Å². The maximum absolute atomic E-state index is 11.2. The zero-order chi connectivity index (χ0) is 10.9. The van der Waals surface area contributed by atoms with Crippen LogP contribution in [0.1, 0.15) is 10.4 Å². The van der Waals surface area contributed by atoms with E-state index in [9.17, 15) is 20.0 Å². The Bertz CT molecular complexity index is 417. The second-order valence-electron chi connectivity index (χ2n) is 2.33. The summed E-state index contributed by atoms with van der Waals surface area (Å²) in [6, 6.07) is 2.17. The van der Waals surface area contributed by atoms with Gasteiger partial charge in [0, 0.05) is 4.47 Å². The molecule has 0 aliphatic heterocycles. The topological polar surface area (TPSA) is 104 Å². The van der Waals surface area contributed by atoms with Gasteiger partial charge in [-0.25, -0.2) is 4.79 Å². The van der Waals surface area contributed by atoms with Crippen LogP contribution in [-0.4, -0.2) is 16.0 Å². The summed E-state index contributed by atoms with van der Waals surface area (Å²) in [5, 5.41) is 30.2. The molecule has 0 unspecified atom stereocenters. The molecule has 7 heteroatoms. The number of aromatic carboxylic acids is 1. The fourth-order valence-corrected chi connectivity index (χ4v) is 1.22. The normalized spacial score (nSPS) is 9.79. The van der Waals surface area contributed by atoms with Crippen LogP contribution in [-0.2, 0) is 0 Å². The van der Waals surface area contributed by atoms with Crippen molar-refractivity contribution < 1.29 is 19.9 Å². The van der Waals surface area contributed by atoms with Crippen LogP contribution in [0, 0.1) is 10.1 Å². The summed E-state index contributed by atoms with van der Waals surface area (Å²) in [5.74, 6) is -2.43. The highest BCUT2D eigenvalue weighted by atomic mass is 79.9. The Hall–Kier alpha value is -1.63. The van der Waals surface area contributed by atoms with E-state index in [1.54, 1.807) is 0 Å². The van der Waals surface area contributed by atoms with Crippen molar-refractivity contribution in [2.75, 3.05) is 0 Å². The van der Waals surface area contributed by atoms with Crippen LogP contribution in [0.4, 0.5) is 5.69 Å². The largest absolute Gasteiger partial charge is 0.867 e. The summed E-state index contributed by atoms with van der Waals surface area (Å²) in [4.78, 5) is 19.9. The molecule has 1 rings (SSSR count). The molecule has 0 amide bonds. The van der Waals surface area contributed by atoms with E-state index in [2.05, 4.69) is 15.9 Å². The molecule has 1 aromatic rings. The van der Waals surface area contributed by atoms with Crippen molar-refractivity contribution in [1.29, 1.82) is 0 Å². The third kappa shape index (κ3) is 1.67. The molecule has 0 fully saturated rings. The predicted molar refractivity (Wildman–Crippen MR) is 47.2 cm³/mol. The number of nitro benzene ring substituents is 1. The molecular weight excluding hydrogens is 258 g/mol. The number of carbonyl (C=O) groups is 1. The van der Waals surface area contributed by atoms with Crippen LogP contribution in [0.25, 0.3) is 0 Å². The summed E-state index contributed by atoms with van der Waals surface area (Å²) in [6.07, 6.45) is 0. The Morgan fingerprint density at radius 1 is 1.50 bits per heavy atom. The Morgan fingerprint density at radius 3 is 2.50 bits per heavy atom. The number of carboxylic acids is 1. The Morgan fingerprint density at radius 2 is 2.07 bits per heavy atom. The lowest BCUT2D eigenvalue weighted by Gasteiger charge is -2.10. The molecule has 0 aliphatic rings. The SMILES string of the molecule is O=C(O)c1ccc(Br)c([O-])c1[N+](=O)[O-]. The van der Waals surface area contributed by atoms with E-state index in [1.165, 1.54) is 6.07 Å². The molecule has 0 spiro atoms. The lowest BCUT2D eigenvalue weighted by molar-refractivity contribution is -0.398. The molecule has 14 heavy (non-hydrogen) atoms. The fraction of sp³-hybridized carbons (Fsp3) is 0. The standard InChI is InChI=1S/C7H4BrNO5/c8-4-2-1-3(7(11)12)5(6(4)10)9(13)14/h1-2,10H,(H,11,12)/p-1. The first-order valence-corrected chi connectivity index (χ1v) is 4.11. The van der Waals surface area contributed by atoms with E-state index < -0.39 is 27.9 Å². The molecule has 74 valence electrons. The average Bonchev–Trinajstić information content (AvgIpc) is 2.08. The zero-order valence-electron chi connectivity index (χ0n) is 6.56. The first-order valence-electron chi connectivity index (χ1n) is 3.32. The lowest BCUT2D eigenvalue weighted by atomic mass is 10.1. The van der Waals surface area contributed by atoms with Gasteiger partial charge in [0.05, 0.1) is 4.92 Å². The third-order valence-corrected chi connectivity index (χ3v) is 2.12. The van der Waals surface area contributed by atoms with E-state index >= 15 is 0 Å². The molecule has 0 aliphatic carbocycles. The molecule has 0 bridgehead atoms. The minimum absolute atomic E-state index is 0.0331. The van der Waals surface area contributed by atoms with Gasteiger partial charge >= 0.3 is 5.97 Å². The number of hydrogen-bond acceptors (Lipinski definition) is 4. The van der Waals surface area contributed by atoms with Gasteiger partial charge in [-0.1, -0.05) is 15.9 Å². The number of nitro groups is 1. The summed E-state index contributed by atoms with van der Waals surface area (Å²) < 4.78 is -0.0331. The van der Waals surface area contributed by atoms with Gasteiger partial charge in [0.15, 0.2) is 0 Å². The second kappa shape index (κ2) is 3.62. The highest BCUT2D eigenvalue weighted by molar-refractivity contribution is 9.10. The maximum atomic E-state index is 11.2. The quantitative estimate of drug-likeness (QED) is 0.634. The monoisotopic (exact) mass is 260 g/mol. The Labute approximate surface area is 86.1 Å². The molecular formula is C7H3BrNO5-. The summed E-state index contributed by atoms with van der Waals surface area (Å²) >= 11 is 2.79. The van der Waals surface area contributed by atoms with Crippen LogP contribution in [0.5, 0.6) is 5.75 Å². The molecule has 0 saturated carbocycles. The van der Waals surface area contributed by atoms with E-state index in [0.717, 1.165) is 6.07 Å². The summed E-state index contributed by atoms with van der Waals surface area (Å²) in [5.41, 5.74) is -1.53.